The van der Waals surface area contributed by atoms with Gasteiger partial charge in [0.05, 0.1) is 0 Å². The Morgan fingerprint density at radius 1 is 0.543 bits per heavy atom. The van der Waals surface area contributed by atoms with Gasteiger partial charge >= 0.3 is 0 Å². The van der Waals surface area contributed by atoms with Crippen LogP contribution >= 0.6 is 0 Å². The lowest BCUT2D eigenvalue weighted by molar-refractivity contribution is 0.0213. The predicted molar refractivity (Wildman–Crippen MR) is 159 cm³/mol. The van der Waals surface area contributed by atoms with Gasteiger partial charge in [0.25, 0.3) is 0 Å². The van der Waals surface area contributed by atoms with Gasteiger partial charge in [-0.1, -0.05) is 102 Å². The molecule has 35 heavy (non-hydrogen) atoms. The summed E-state index contributed by atoms with van der Waals surface area (Å²) in [6.45, 7) is 26.7. The molecule has 0 nitrogen and oxygen atoms in total. The largest absolute Gasteiger partial charge is 0.0628 e. The SMILES string of the molecule is CC(C)C1CCC(CC2CCC(C(C)C)CC2)CC1.CC(C)CC1(C)CC(C(C)C)CC(C)(C)C1. The molecule has 0 aromatic heterocycles. The van der Waals surface area contributed by atoms with Gasteiger partial charge in [-0.3, -0.25) is 0 Å². The summed E-state index contributed by atoms with van der Waals surface area (Å²) in [5, 5.41) is 0. The van der Waals surface area contributed by atoms with E-state index in [1.807, 2.05) is 0 Å². The molecule has 3 aliphatic carbocycles. The molecule has 3 saturated carbocycles. The fourth-order valence-electron chi connectivity index (χ4n) is 8.98. The average Bonchev–Trinajstić information content (AvgIpc) is 2.72. The van der Waals surface area contributed by atoms with Crippen molar-refractivity contribution in [3.63, 3.8) is 0 Å². The summed E-state index contributed by atoms with van der Waals surface area (Å²) >= 11 is 0. The third-order valence-corrected chi connectivity index (χ3v) is 10.7. The molecule has 0 aromatic rings. The zero-order valence-electron chi connectivity index (χ0n) is 26.4. The third-order valence-electron chi connectivity index (χ3n) is 10.7. The molecule has 0 bridgehead atoms. The summed E-state index contributed by atoms with van der Waals surface area (Å²) in [6.07, 6.45) is 19.5. The topological polar surface area (TPSA) is 0 Å². The molecule has 2 atom stereocenters. The smallest absolute Gasteiger partial charge is 0.0316 e. The van der Waals surface area contributed by atoms with Crippen LogP contribution in [0.15, 0.2) is 0 Å². The highest BCUT2D eigenvalue weighted by Gasteiger charge is 2.42. The molecule has 0 heterocycles. The normalized spacial score (nSPS) is 35.9. The Morgan fingerprint density at radius 2 is 0.943 bits per heavy atom. The van der Waals surface area contributed by atoms with Crippen molar-refractivity contribution < 1.29 is 0 Å². The van der Waals surface area contributed by atoms with Crippen molar-refractivity contribution in [2.24, 2.45) is 64.1 Å². The van der Waals surface area contributed by atoms with E-state index in [9.17, 15) is 0 Å². The van der Waals surface area contributed by atoms with Gasteiger partial charge in [-0.2, -0.15) is 0 Å². The molecular formula is C35H68. The van der Waals surface area contributed by atoms with Crippen LogP contribution < -0.4 is 0 Å². The fourth-order valence-corrected chi connectivity index (χ4v) is 8.98. The summed E-state index contributed by atoms with van der Waals surface area (Å²) in [4.78, 5) is 0. The molecule has 208 valence electrons. The summed E-state index contributed by atoms with van der Waals surface area (Å²) < 4.78 is 0. The molecule has 3 aliphatic rings. The molecule has 3 fully saturated rings. The maximum absolute atomic E-state index is 2.53. The monoisotopic (exact) mass is 489 g/mol. The van der Waals surface area contributed by atoms with E-state index < -0.39 is 0 Å². The van der Waals surface area contributed by atoms with Gasteiger partial charge in [-0.05, 0) is 122 Å². The van der Waals surface area contributed by atoms with Crippen LogP contribution in [0.2, 0.25) is 0 Å². The van der Waals surface area contributed by atoms with Gasteiger partial charge in [0.2, 0.25) is 0 Å². The van der Waals surface area contributed by atoms with Crippen molar-refractivity contribution in [3.05, 3.63) is 0 Å². The van der Waals surface area contributed by atoms with Gasteiger partial charge in [0, 0.05) is 0 Å². The van der Waals surface area contributed by atoms with Crippen LogP contribution in [-0.4, -0.2) is 0 Å². The highest BCUT2D eigenvalue weighted by molar-refractivity contribution is 4.92. The first-order chi connectivity index (χ1) is 16.2. The summed E-state index contributed by atoms with van der Waals surface area (Å²) in [7, 11) is 0. The Hall–Kier alpha value is 0. The predicted octanol–water partition coefficient (Wildman–Crippen LogP) is 11.8. The number of hydrogen-bond acceptors (Lipinski definition) is 0. The molecule has 0 saturated heterocycles. The van der Waals surface area contributed by atoms with Gasteiger partial charge in [0.15, 0.2) is 0 Å². The van der Waals surface area contributed by atoms with E-state index in [0.717, 1.165) is 53.3 Å². The third kappa shape index (κ3) is 10.7. The first-order valence-corrected chi connectivity index (χ1v) is 16.2. The average molecular weight is 489 g/mol. The van der Waals surface area contributed by atoms with Crippen molar-refractivity contribution in [3.8, 4) is 0 Å². The molecule has 0 spiro atoms. The first-order valence-electron chi connectivity index (χ1n) is 16.2. The van der Waals surface area contributed by atoms with Crippen molar-refractivity contribution in [2.45, 2.75) is 160 Å². The van der Waals surface area contributed by atoms with E-state index in [-0.39, 0.29) is 0 Å². The maximum Gasteiger partial charge on any atom is -0.0316 e. The molecule has 0 radical (unpaired) electrons. The van der Waals surface area contributed by atoms with Crippen LogP contribution in [0.1, 0.15) is 160 Å². The van der Waals surface area contributed by atoms with Gasteiger partial charge in [-0.15, -0.1) is 0 Å². The van der Waals surface area contributed by atoms with Crippen LogP contribution in [-0.2, 0) is 0 Å². The van der Waals surface area contributed by atoms with Crippen molar-refractivity contribution >= 4 is 0 Å². The summed E-state index contributed by atoms with van der Waals surface area (Å²) in [6, 6.07) is 0. The van der Waals surface area contributed by atoms with E-state index in [4.69, 9.17) is 0 Å². The van der Waals surface area contributed by atoms with Crippen LogP contribution in [0.5, 0.6) is 0 Å². The minimum absolute atomic E-state index is 0.552. The van der Waals surface area contributed by atoms with Crippen molar-refractivity contribution in [1.29, 1.82) is 0 Å². The first kappa shape index (κ1) is 31.2. The molecular weight excluding hydrogens is 420 g/mol. The Kier molecular flexibility index (Phi) is 12.2. The highest BCUT2D eigenvalue weighted by Crippen LogP contribution is 2.53. The number of hydrogen-bond donors (Lipinski definition) is 0. The highest BCUT2D eigenvalue weighted by atomic mass is 14.5. The van der Waals surface area contributed by atoms with E-state index in [0.29, 0.717) is 10.8 Å². The van der Waals surface area contributed by atoms with E-state index in [1.165, 1.54) is 77.0 Å². The van der Waals surface area contributed by atoms with Crippen LogP contribution in [0.4, 0.5) is 0 Å². The molecule has 0 amide bonds. The summed E-state index contributed by atoms with van der Waals surface area (Å²) in [5.74, 6) is 8.70. The molecule has 2 unspecified atom stereocenters. The molecule has 0 aromatic carbocycles. The second-order valence-electron chi connectivity index (χ2n) is 16.4. The summed E-state index contributed by atoms with van der Waals surface area (Å²) in [5.41, 5.74) is 1.14. The zero-order valence-corrected chi connectivity index (χ0v) is 26.4. The van der Waals surface area contributed by atoms with Crippen LogP contribution in [0.25, 0.3) is 0 Å². The van der Waals surface area contributed by atoms with Gasteiger partial charge in [0.1, 0.15) is 0 Å². The lowest BCUT2D eigenvalue weighted by atomic mass is 9.57. The minimum atomic E-state index is 0.552. The Morgan fingerprint density at radius 3 is 1.29 bits per heavy atom. The Labute approximate surface area is 223 Å². The van der Waals surface area contributed by atoms with Crippen LogP contribution in [0.3, 0.4) is 0 Å². The maximum atomic E-state index is 2.53. The standard InChI is InChI=1S/C19H36.C16H32/c1-14(2)18-9-5-16(6-10-18)13-17-7-11-19(12-8-17)15(3)4;1-12(2)8-16(7)10-14(13(3)4)9-15(5,6)11-16/h14-19H,5-13H2,1-4H3;12-14H,8-11H2,1-7H3. The second kappa shape index (κ2) is 13.7. The zero-order chi connectivity index (χ0) is 26.4. The Balaban J connectivity index is 0.000000251. The lowest BCUT2D eigenvalue weighted by Crippen LogP contribution is -2.38. The van der Waals surface area contributed by atoms with Gasteiger partial charge < -0.3 is 0 Å². The number of rotatable bonds is 7. The van der Waals surface area contributed by atoms with Crippen molar-refractivity contribution in [1.82, 2.24) is 0 Å². The molecule has 0 aliphatic heterocycles. The molecule has 3 rings (SSSR count). The molecule has 0 heteroatoms. The van der Waals surface area contributed by atoms with Crippen LogP contribution in [0, 0.1) is 64.1 Å². The minimum Gasteiger partial charge on any atom is -0.0628 e. The second-order valence-corrected chi connectivity index (χ2v) is 16.4. The molecule has 0 N–H and O–H groups in total. The van der Waals surface area contributed by atoms with Gasteiger partial charge in [-0.25, -0.2) is 0 Å². The quantitative estimate of drug-likeness (QED) is 0.334. The Bertz CT molecular complexity index is 539. The fraction of sp³-hybridized carbons (Fsp3) is 1.00. The van der Waals surface area contributed by atoms with E-state index in [2.05, 4.69) is 76.2 Å². The van der Waals surface area contributed by atoms with Crippen molar-refractivity contribution in [2.75, 3.05) is 0 Å². The van der Waals surface area contributed by atoms with E-state index in [1.54, 1.807) is 6.42 Å². The van der Waals surface area contributed by atoms with E-state index >= 15 is 0 Å². The lowest BCUT2D eigenvalue weighted by Gasteiger charge is -2.49.